The predicted molar refractivity (Wildman–Crippen MR) is 60.9 cm³/mol. The van der Waals surface area contributed by atoms with E-state index in [1.807, 2.05) is 0 Å². The third-order valence-electron chi connectivity index (χ3n) is 4.42. The normalized spacial score (nSPS) is 50.4. The topological polar surface area (TPSA) is 18.5 Å². The van der Waals surface area contributed by atoms with Gasteiger partial charge >= 0.3 is 0 Å². The minimum absolute atomic E-state index is 0.125. The molecule has 5 unspecified atom stereocenters. The molecule has 2 heteroatoms. The van der Waals surface area contributed by atoms with Crippen molar-refractivity contribution in [1.29, 1.82) is 0 Å². The van der Waals surface area contributed by atoms with Crippen LogP contribution in [0.25, 0.3) is 0 Å². The van der Waals surface area contributed by atoms with Crippen LogP contribution in [-0.2, 0) is 9.47 Å². The lowest BCUT2D eigenvalue weighted by Crippen LogP contribution is -2.50. The summed E-state index contributed by atoms with van der Waals surface area (Å²) in [6, 6.07) is 0. The first-order valence-electron chi connectivity index (χ1n) is 6.36. The van der Waals surface area contributed by atoms with Crippen molar-refractivity contribution in [2.24, 2.45) is 11.8 Å². The smallest absolute Gasteiger partial charge is 0.0891 e. The van der Waals surface area contributed by atoms with Crippen LogP contribution in [0.4, 0.5) is 0 Å². The zero-order valence-corrected chi connectivity index (χ0v) is 10.5. The Balaban J connectivity index is 1.97. The number of hydrogen-bond donors (Lipinski definition) is 0. The highest BCUT2D eigenvalue weighted by molar-refractivity contribution is 4.95. The summed E-state index contributed by atoms with van der Waals surface area (Å²) in [7, 11) is 0. The fraction of sp³-hybridized carbons (Fsp3) is 1.00. The Hall–Kier alpha value is -0.0800. The van der Waals surface area contributed by atoms with Crippen LogP contribution in [0.3, 0.4) is 0 Å². The van der Waals surface area contributed by atoms with E-state index in [4.69, 9.17) is 9.47 Å². The summed E-state index contributed by atoms with van der Waals surface area (Å²) < 4.78 is 12.1. The SMILES string of the molecule is CCC1OCC(C)C1OC1(C)CCC1C. The Kier molecular flexibility index (Phi) is 3.09. The molecule has 0 amide bonds. The molecule has 88 valence electrons. The van der Waals surface area contributed by atoms with Gasteiger partial charge in [-0.1, -0.05) is 20.8 Å². The first kappa shape index (κ1) is 11.4. The van der Waals surface area contributed by atoms with E-state index in [1.54, 1.807) is 0 Å². The van der Waals surface area contributed by atoms with E-state index in [2.05, 4.69) is 27.7 Å². The largest absolute Gasteiger partial charge is 0.375 e. The molecule has 2 nitrogen and oxygen atoms in total. The second-order valence-electron chi connectivity index (χ2n) is 5.59. The van der Waals surface area contributed by atoms with Crippen LogP contribution in [0, 0.1) is 11.8 Å². The van der Waals surface area contributed by atoms with Gasteiger partial charge in [0.15, 0.2) is 0 Å². The van der Waals surface area contributed by atoms with E-state index in [9.17, 15) is 0 Å². The summed E-state index contributed by atoms with van der Waals surface area (Å²) in [5.41, 5.74) is 0.125. The first-order valence-corrected chi connectivity index (χ1v) is 6.36. The van der Waals surface area contributed by atoms with E-state index in [0.29, 0.717) is 24.0 Å². The van der Waals surface area contributed by atoms with Gasteiger partial charge in [0.25, 0.3) is 0 Å². The summed E-state index contributed by atoms with van der Waals surface area (Å²) in [5.74, 6) is 1.27. The monoisotopic (exact) mass is 212 g/mol. The zero-order valence-electron chi connectivity index (χ0n) is 10.5. The molecule has 1 aliphatic heterocycles. The van der Waals surface area contributed by atoms with Crippen LogP contribution >= 0.6 is 0 Å². The molecule has 0 bridgehead atoms. The van der Waals surface area contributed by atoms with Crippen molar-refractivity contribution < 1.29 is 9.47 Å². The minimum atomic E-state index is 0.125. The number of hydrogen-bond acceptors (Lipinski definition) is 2. The van der Waals surface area contributed by atoms with Gasteiger partial charge in [0.2, 0.25) is 0 Å². The van der Waals surface area contributed by atoms with Gasteiger partial charge in [-0.05, 0) is 32.1 Å². The van der Waals surface area contributed by atoms with Gasteiger partial charge in [0, 0.05) is 5.92 Å². The predicted octanol–water partition coefficient (Wildman–Crippen LogP) is 3.01. The summed E-state index contributed by atoms with van der Waals surface area (Å²) >= 11 is 0. The van der Waals surface area contributed by atoms with Crippen LogP contribution in [0.2, 0.25) is 0 Å². The summed E-state index contributed by atoms with van der Waals surface area (Å²) in [6.07, 6.45) is 4.25. The minimum Gasteiger partial charge on any atom is -0.375 e. The highest BCUT2D eigenvalue weighted by Crippen LogP contribution is 2.44. The maximum Gasteiger partial charge on any atom is 0.0891 e. The third-order valence-corrected chi connectivity index (χ3v) is 4.42. The molecule has 2 rings (SSSR count). The van der Waals surface area contributed by atoms with E-state index < -0.39 is 0 Å². The molecule has 1 saturated carbocycles. The molecule has 0 spiro atoms. The van der Waals surface area contributed by atoms with Crippen LogP contribution in [0.15, 0.2) is 0 Å². The van der Waals surface area contributed by atoms with Gasteiger partial charge in [-0.3, -0.25) is 0 Å². The fourth-order valence-electron chi connectivity index (χ4n) is 2.70. The molecule has 1 aliphatic carbocycles. The molecule has 0 aromatic carbocycles. The molecular formula is C13H24O2. The van der Waals surface area contributed by atoms with Crippen molar-refractivity contribution >= 4 is 0 Å². The molecule has 0 aromatic rings. The maximum atomic E-state index is 6.34. The third kappa shape index (κ3) is 1.94. The molecule has 1 saturated heterocycles. The van der Waals surface area contributed by atoms with E-state index >= 15 is 0 Å². The average Bonchev–Trinajstić information content (AvgIpc) is 2.58. The van der Waals surface area contributed by atoms with Crippen LogP contribution in [0.1, 0.15) is 47.0 Å². The van der Waals surface area contributed by atoms with Crippen LogP contribution < -0.4 is 0 Å². The lowest BCUT2D eigenvalue weighted by Gasteiger charge is -2.47. The Bertz CT molecular complexity index is 229. The van der Waals surface area contributed by atoms with Crippen LogP contribution in [-0.4, -0.2) is 24.4 Å². The molecule has 5 atom stereocenters. The van der Waals surface area contributed by atoms with Crippen molar-refractivity contribution in [1.82, 2.24) is 0 Å². The van der Waals surface area contributed by atoms with Gasteiger partial charge in [-0.25, -0.2) is 0 Å². The Morgan fingerprint density at radius 2 is 2.13 bits per heavy atom. The molecule has 2 fully saturated rings. The molecule has 0 N–H and O–H groups in total. The van der Waals surface area contributed by atoms with Crippen molar-refractivity contribution in [3.63, 3.8) is 0 Å². The zero-order chi connectivity index (χ0) is 11.1. The summed E-state index contributed by atoms with van der Waals surface area (Å²) in [4.78, 5) is 0. The summed E-state index contributed by atoms with van der Waals surface area (Å²) in [5, 5.41) is 0. The van der Waals surface area contributed by atoms with Gasteiger partial charge < -0.3 is 9.47 Å². The van der Waals surface area contributed by atoms with E-state index in [1.165, 1.54) is 12.8 Å². The lowest BCUT2D eigenvalue weighted by atomic mass is 9.71. The van der Waals surface area contributed by atoms with Gasteiger partial charge in [0.1, 0.15) is 0 Å². The highest BCUT2D eigenvalue weighted by Gasteiger charge is 2.46. The number of ether oxygens (including phenoxy) is 2. The second kappa shape index (κ2) is 4.06. The maximum absolute atomic E-state index is 6.34. The van der Waals surface area contributed by atoms with Crippen molar-refractivity contribution in [2.75, 3.05) is 6.61 Å². The van der Waals surface area contributed by atoms with Crippen molar-refractivity contribution in [2.45, 2.75) is 64.8 Å². The van der Waals surface area contributed by atoms with Gasteiger partial charge in [-0.15, -0.1) is 0 Å². The molecular weight excluding hydrogens is 188 g/mol. The fourth-order valence-corrected chi connectivity index (χ4v) is 2.70. The van der Waals surface area contributed by atoms with Gasteiger partial charge in [-0.2, -0.15) is 0 Å². The quantitative estimate of drug-likeness (QED) is 0.716. The average molecular weight is 212 g/mol. The van der Waals surface area contributed by atoms with Gasteiger partial charge in [0.05, 0.1) is 24.4 Å². The van der Waals surface area contributed by atoms with E-state index in [0.717, 1.165) is 13.0 Å². The van der Waals surface area contributed by atoms with Crippen molar-refractivity contribution in [3.05, 3.63) is 0 Å². The lowest BCUT2D eigenvalue weighted by molar-refractivity contribution is -0.181. The molecule has 0 aromatic heterocycles. The Labute approximate surface area is 93.3 Å². The summed E-state index contributed by atoms with van der Waals surface area (Å²) in [6.45, 7) is 9.86. The van der Waals surface area contributed by atoms with E-state index in [-0.39, 0.29) is 5.60 Å². The highest BCUT2D eigenvalue weighted by atomic mass is 16.6. The standard InChI is InChI=1S/C13H24O2/c1-5-11-12(9(2)8-14-11)15-13(4)7-6-10(13)3/h9-12H,5-8H2,1-4H3. The molecule has 0 radical (unpaired) electrons. The molecule has 1 heterocycles. The molecule has 15 heavy (non-hydrogen) atoms. The first-order chi connectivity index (χ1) is 7.07. The molecule has 2 aliphatic rings. The Morgan fingerprint density at radius 1 is 1.40 bits per heavy atom. The second-order valence-corrected chi connectivity index (χ2v) is 5.59. The van der Waals surface area contributed by atoms with Crippen molar-refractivity contribution in [3.8, 4) is 0 Å². The Morgan fingerprint density at radius 3 is 2.60 bits per heavy atom. The number of rotatable bonds is 3. The van der Waals surface area contributed by atoms with Crippen LogP contribution in [0.5, 0.6) is 0 Å².